The maximum Gasteiger partial charge on any atom is 0.250 e. The zero-order chi connectivity index (χ0) is 15.4. The van der Waals surface area contributed by atoms with Crippen LogP contribution in [0.3, 0.4) is 0 Å². The quantitative estimate of drug-likeness (QED) is 0.837. The first-order chi connectivity index (χ1) is 10.7. The number of amides is 1. The Bertz CT molecular complexity index is 670. The highest BCUT2D eigenvalue weighted by Crippen LogP contribution is 2.09. The third-order valence-corrected chi connectivity index (χ3v) is 3.89. The first-order valence-electron chi connectivity index (χ1n) is 7.40. The van der Waals surface area contributed by atoms with Gasteiger partial charge in [-0.15, -0.1) is 0 Å². The maximum atomic E-state index is 12.3. The van der Waals surface area contributed by atoms with Crippen LogP contribution in [0.2, 0.25) is 0 Å². The van der Waals surface area contributed by atoms with E-state index in [1.54, 1.807) is 24.6 Å². The van der Waals surface area contributed by atoms with Crippen LogP contribution in [0.5, 0.6) is 0 Å². The Kier molecular flexibility index (Phi) is 4.39. The van der Waals surface area contributed by atoms with Gasteiger partial charge in [-0.3, -0.25) is 14.5 Å². The highest BCUT2D eigenvalue weighted by molar-refractivity contribution is 5.76. The van der Waals surface area contributed by atoms with Gasteiger partial charge in [0.05, 0.1) is 12.8 Å². The minimum atomic E-state index is -0.146. The number of nitrogens with zero attached hydrogens (tertiary/aromatic N) is 3. The predicted molar refractivity (Wildman–Crippen MR) is 81.3 cm³/mol. The molecule has 116 valence electrons. The fourth-order valence-corrected chi connectivity index (χ4v) is 2.62. The van der Waals surface area contributed by atoms with Crippen molar-refractivity contribution in [3.8, 4) is 0 Å². The van der Waals surface area contributed by atoms with Gasteiger partial charge < -0.3 is 13.9 Å². The first-order valence-corrected chi connectivity index (χ1v) is 7.40. The van der Waals surface area contributed by atoms with Crippen LogP contribution < -0.4 is 5.56 Å². The molecule has 0 aliphatic carbocycles. The normalized spacial score (nSPS) is 15.9. The number of carbonyl (C=O) groups is 1. The molecule has 3 rings (SSSR count). The summed E-state index contributed by atoms with van der Waals surface area (Å²) in [5, 5.41) is 0. The lowest BCUT2D eigenvalue weighted by Gasteiger charge is -2.34. The molecule has 0 unspecified atom stereocenters. The monoisotopic (exact) mass is 301 g/mol. The molecule has 0 saturated carbocycles. The van der Waals surface area contributed by atoms with E-state index in [9.17, 15) is 9.59 Å². The minimum absolute atomic E-state index is 0.00838. The number of pyridine rings is 1. The molecule has 0 aromatic carbocycles. The Morgan fingerprint density at radius 2 is 1.91 bits per heavy atom. The molecule has 6 heteroatoms. The Hall–Kier alpha value is -2.34. The summed E-state index contributed by atoms with van der Waals surface area (Å²) in [6.07, 6.45) is 3.32. The lowest BCUT2D eigenvalue weighted by atomic mass is 10.3. The number of piperazine rings is 1. The molecule has 1 aliphatic rings. The first kappa shape index (κ1) is 14.6. The van der Waals surface area contributed by atoms with E-state index in [1.165, 1.54) is 10.6 Å². The van der Waals surface area contributed by atoms with E-state index in [1.807, 2.05) is 17.0 Å². The van der Waals surface area contributed by atoms with Crippen molar-refractivity contribution >= 4 is 5.91 Å². The second-order valence-electron chi connectivity index (χ2n) is 5.40. The molecule has 1 aliphatic heterocycles. The number of aromatic nitrogens is 1. The van der Waals surface area contributed by atoms with E-state index in [-0.39, 0.29) is 18.0 Å². The molecular weight excluding hydrogens is 282 g/mol. The third-order valence-electron chi connectivity index (χ3n) is 3.89. The topological polar surface area (TPSA) is 58.7 Å². The van der Waals surface area contributed by atoms with Crippen LogP contribution >= 0.6 is 0 Å². The Labute approximate surface area is 128 Å². The van der Waals surface area contributed by atoms with Gasteiger partial charge in [0.15, 0.2) is 0 Å². The third kappa shape index (κ3) is 3.46. The highest BCUT2D eigenvalue weighted by Gasteiger charge is 2.21. The second-order valence-corrected chi connectivity index (χ2v) is 5.40. The van der Waals surface area contributed by atoms with Crippen LogP contribution in [-0.2, 0) is 17.9 Å². The van der Waals surface area contributed by atoms with Gasteiger partial charge in [0, 0.05) is 38.4 Å². The van der Waals surface area contributed by atoms with Crippen molar-refractivity contribution in [2.45, 2.75) is 13.1 Å². The standard InChI is InChI=1S/C16H19N3O3/c20-15-5-1-2-6-19(15)13-16(21)18-9-7-17(8-10-18)12-14-4-3-11-22-14/h1-6,11H,7-10,12-13H2. The van der Waals surface area contributed by atoms with Crippen LogP contribution in [0.25, 0.3) is 0 Å². The minimum Gasteiger partial charge on any atom is -0.468 e. The Morgan fingerprint density at radius 3 is 2.59 bits per heavy atom. The molecule has 6 nitrogen and oxygen atoms in total. The molecule has 0 atom stereocenters. The van der Waals surface area contributed by atoms with Crippen molar-refractivity contribution in [1.29, 1.82) is 0 Å². The summed E-state index contributed by atoms with van der Waals surface area (Å²) in [6, 6.07) is 8.74. The number of hydrogen-bond donors (Lipinski definition) is 0. The maximum absolute atomic E-state index is 12.3. The van der Waals surface area contributed by atoms with Crippen LogP contribution in [0.4, 0.5) is 0 Å². The van der Waals surface area contributed by atoms with Crippen molar-refractivity contribution in [3.05, 3.63) is 58.9 Å². The van der Waals surface area contributed by atoms with Crippen molar-refractivity contribution in [1.82, 2.24) is 14.4 Å². The van der Waals surface area contributed by atoms with Gasteiger partial charge in [0.25, 0.3) is 5.56 Å². The van der Waals surface area contributed by atoms with Crippen LogP contribution in [0.1, 0.15) is 5.76 Å². The summed E-state index contributed by atoms with van der Waals surface area (Å²) in [6.45, 7) is 3.87. The lowest BCUT2D eigenvalue weighted by molar-refractivity contribution is -0.133. The van der Waals surface area contributed by atoms with Crippen molar-refractivity contribution < 1.29 is 9.21 Å². The van der Waals surface area contributed by atoms with Gasteiger partial charge in [-0.05, 0) is 18.2 Å². The molecule has 1 amide bonds. The van der Waals surface area contributed by atoms with Crippen molar-refractivity contribution in [2.24, 2.45) is 0 Å². The molecule has 0 spiro atoms. The van der Waals surface area contributed by atoms with Gasteiger partial charge in [0.2, 0.25) is 5.91 Å². The van der Waals surface area contributed by atoms with Crippen molar-refractivity contribution in [3.63, 3.8) is 0 Å². The van der Waals surface area contributed by atoms with Crippen molar-refractivity contribution in [2.75, 3.05) is 26.2 Å². The highest BCUT2D eigenvalue weighted by atomic mass is 16.3. The molecule has 1 fully saturated rings. The lowest BCUT2D eigenvalue weighted by Crippen LogP contribution is -2.49. The van der Waals surface area contributed by atoms with Gasteiger partial charge in [-0.25, -0.2) is 0 Å². The average Bonchev–Trinajstić information content (AvgIpc) is 3.03. The summed E-state index contributed by atoms with van der Waals surface area (Å²) in [5.41, 5.74) is -0.146. The van der Waals surface area contributed by atoms with E-state index < -0.39 is 0 Å². The number of furan rings is 1. The van der Waals surface area contributed by atoms with Crippen LogP contribution in [0, 0.1) is 0 Å². The van der Waals surface area contributed by atoms with Crippen LogP contribution in [-0.4, -0.2) is 46.5 Å². The summed E-state index contributed by atoms with van der Waals surface area (Å²) in [5.74, 6) is 0.932. The SMILES string of the molecule is O=C(Cn1ccccc1=O)N1CCN(Cc2ccco2)CC1. The number of rotatable bonds is 4. The molecule has 1 saturated heterocycles. The molecule has 0 bridgehead atoms. The largest absolute Gasteiger partial charge is 0.468 e. The summed E-state index contributed by atoms with van der Waals surface area (Å²) >= 11 is 0. The smallest absolute Gasteiger partial charge is 0.250 e. The zero-order valence-corrected chi connectivity index (χ0v) is 12.4. The van der Waals surface area contributed by atoms with Gasteiger partial charge in [0.1, 0.15) is 12.3 Å². The molecular formula is C16H19N3O3. The fourth-order valence-electron chi connectivity index (χ4n) is 2.62. The number of carbonyl (C=O) groups excluding carboxylic acids is 1. The average molecular weight is 301 g/mol. The Balaban J connectivity index is 1.51. The molecule has 2 aromatic heterocycles. The molecule has 0 N–H and O–H groups in total. The van der Waals surface area contributed by atoms with E-state index in [0.29, 0.717) is 13.1 Å². The van der Waals surface area contributed by atoms with E-state index >= 15 is 0 Å². The predicted octanol–water partition coefficient (Wildman–Crippen LogP) is 0.786. The molecule has 3 heterocycles. The zero-order valence-electron chi connectivity index (χ0n) is 12.4. The van der Waals surface area contributed by atoms with Gasteiger partial charge in [-0.1, -0.05) is 6.07 Å². The van der Waals surface area contributed by atoms with E-state index in [0.717, 1.165) is 25.4 Å². The summed E-state index contributed by atoms with van der Waals surface area (Å²) in [7, 11) is 0. The number of hydrogen-bond acceptors (Lipinski definition) is 4. The molecule has 0 radical (unpaired) electrons. The summed E-state index contributed by atoms with van der Waals surface area (Å²) < 4.78 is 6.78. The fraction of sp³-hybridized carbons (Fsp3) is 0.375. The Morgan fingerprint density at radius 1 is 1.09 bits per heavy atom. The summed E-state index contributed by atoms with van der Waals surface area (Å²) in [4.78, 5) is 28.0. The van der Waals surface area contributed by atoms with E-state index in [4.69, 9.17) is 4.42 Å². The van der Waals surface area contributed by atoms with Gasteiger partial charge in [-0.2, -0.15) is 0 Å². The van der Waals surface area contributed by atoms with Crippen LogP contribution in [0.15, 0.2) is 52.0 Å². The van der Waals surface area contributed by atoms with E-state index in [2.05, 4.69) is 4.90 Å². The molecule has 2 aromatic rings. The van der Waals surface area contributed by atoms with Gasteiger partial charge >= 0.3 is 0 Å². The molecule has 22 heavy (non-hydrogen) atoms. The second kappa shape index (κ2) is 6.62.